The molecule has 23 heavy (non-hydrogen) atoms. The zero-order valence-corrected chi connectivity index (χ0v) is 12.3. The SMILES string of the molecule is Cc1nc2c3ccccc3nc(NNC(=O)CCC(=O)O)n2n1. The molecule has 0 saturated heterocycles. The van der Waals surface area contributed by atoms with E-state index in [-0.39, 0.29) is 12.8 Å². The number of aryl methyl sites for hydroxylation is 1. The Labute approximate surface area is 130 Å². The molecule has 0 radical (unpaired) electrons. The third-order valence-corrected chi connectivity index (χ3v) is 3.16. The van der Waals surface area contributed by atoms with E-state index in [1.165, 1.54) is 4.52 Å². The average Bonchev–Trinajstić information content (AvgIpc) is 2.92. The Bertz CT molecular complexity index is 904. The minimum atomic E-state index is -1.03. The molecule has 0 spiro atoms. The Hall–Kier alpha value is -3.23. The van der Waals surface area contributed by atoms with Crippen molar-refractivity contribution in [3.05, 3.63) is 30.1 Å². The molecule has 1 aromatic carbocycles. The standard InChI is InChI=1S/C14H14N6O3/c1-8-15-13-9-4-2-3-5-10(9)16-14(20(13)19-8)18-17-11(21)6-7-12(22)23/h2-5H,6-7H2,1H3,(H,16,18)(H,17,21)(H,22,23). The maximum atomic E-state index is 11.6. The zero-order chi connectivity index (χ0) is 16.4. The van der Waals surface area contributed by atoms with Gasteiger partial charge in [-0.1, -0.05) is 12.1 Å². The normalized spacial score (nSPS) is 10.8. The number of nitrogens with zero attached hydrogens (tertiary/aromatic N) is 4. The number of fused-ring (bicyclic) bond motifs is 3. The molecule has 3 N–H and O–H groups in total. The number of hydrogen-bond donors (Lipinski definition) is 3. The van der Waals surface area contributed by atoms with Gasteiger partial charge in [0.25, 0.3) is 0 Å². The molecule has 0 bridgehead atoms. The summed E-state index contributed by atoms with van der Waals surface area (Å²) in [4.78, 5) is 30.9. The lowest BCUT2D eigenvalue weighted by Gasteiger charge is -2.09. The molecule has 0 aliphatic heterocycles. The lowest BCUT2D eigenvalue weighted by atomic mass is 10.2. The lowest BCUT2D eigenvalue weighted by Crippen LogP contribution is -2.31. The summed E-state index contributed by atoms with van der Waals surface area (Å²) in [6, 6.07) is 7.46. The highest BCUT2D eigenvalue weighted by Gasteiger charge is 2.12. The summed E-state index contributed by atoms with van der Waals surface area (Å²) in [5.41, 5.74) is 6.41. The number of aromatic nitrogens is 4. The fourth-order valence-corrected chi connectivity index (χ4v) is 2.15. The predicted molar refractivity (Wildman–Crippen MR) is 81.7 cm³/mol. The highest BCUT2D eigenvalue weighted by molar-refractivity contribution is 5.92. The van der Waals surface area contributed by atoms with Crippen LogP contribution >= 0.6 is 0 Å². The molecule has 2 aromatic heterocycles. The number of hydrogen-bond acceptors (Lipinski definition) is 6. The Morgan fingerprint density at radius 3 is 2.78 bits per heavy atom. The molecular formula is C14H14N6O3. The summed E-state index contributed by atoms with van der Waals surface area (Å²) in [6.07, 6.45) is -0.369. The quantitative estimate of drug-likeness (QED) is 0.598. The number of hydrazine groups is 1. The number of carboxylic acid groups (broad SMARTS) is 1. The molecule has 118 valence electrons. The van der Waals surface area contributed by atoms with Crippen LogP contribution in [0.1, 0.15) is 18.7 Å². The minimum absolute atomic E-state index is 0.130. The largest absolute Gasteiger partial charge is 0.481 e. The van der Waals surface area contributed by atoms with Crippen LogP contribution in [0, 0.1) is 6.92 Å². The van der Waals surface area contributed by atoms with Crippen LogP contribution in [0.5, 0.6) is 0 Å². The van der Waals surface area contributed by atoms with E-state index in [0.29, 0.717) is 22.9 Å². The second-order valence-electron chi connectivity index (χ2n) is 4.91. The number of amides is 1. The monoisotopic (exact) mass is 314 g/mol. The Morgan fingerprint density at radius 2 is 2.00 bits per heavy atom. The summed E-state index contributed by atoms with van der Waals surface area (Å²) >= 11 is 0. The number of benzene rings is 1. The third-order valence-electron chi connectivity index (χ3n) is 3.16. The number of rotatable bonds is 5. The molecular weight excluding hydrogens is 300 g/mol. The van der Waals surface area contributed by atoms with Crippen LogP contribution in [0.25, 0.3) is 16.6 Å². The van der Waals surface area contributed by atoms with Crippen LogP contribution in [0.4, 0.5) is 5.95 Å². The van der Waals surface area contributed by atoms with E-state index in [9.17, 15) is 9.59 Å². The highest BCUT2D eigenvalue weighted by atomic mass is 16.4. The van der Waals surface area contributed by atoms with E-state index in [1.54, 1.807) is 6.92 Å². The van der Waals surface area contributed by atoms with Gasteiger partial charge in [0.1, 0.15) is 5.82 Å². The Kier molecular flexibility index (Phi) is 3.75. The van der Waals surface area contributed by atoms with Crippen molar-refractivity contribution in [2.45, 2.75) is 19.8 Å². The number of anilines is 1. The fraction of sp³-hybridized carbons (Fsp3) is 0.214. The van der Waals surface area contributed by atoms with Crippen molar-refractivity contribution in [2.24, 2.45) is 0 Å². The number of nitrogens with one attached hydrogen (secondary N) is 2. The van der Waals surface area contributed by atoms with Crippen molar-refractivity contribution >= 4 is 34.4 Å². The second-order valence-corrected chi connectivity index (χ2v) is 4.91. The molecule has 0 fully saturated rings. The van der Waals surface area contributed by atoms with E-state index in [1.807, 2.05) is 24.3 Å². The zero-order valence-electron chi connectivity index (χ0n) is 12.3. The Balaban J connectivity index is 1.90. The van der Waals surface area contributed by atoms with Gasteiger partial charge in [-0.2, -0.15) is 4.52 Å². The van der Waals surface area contributed by atoms with Gasteiger partial charge < -0.3 is 5.11 Å². The van der Waals surface area contributed by atoms with Crippen LogP contribution in [0.15, 0.2) is 24.3 Å². The summed E-state index contributed by atoms with van der Waals surface area (Å²) < 4.78 is 1.50. The molecule has 0 unspecified atom stereocenters. The number of aliphatic carboxylic acids is 1. The summed E-state index contributed by atoms with van der Waals surface area (Å²) in [5, 5.41) is 13.7. The first-order valence-corrected chi connectivity index (χ1v) is 6.93. The smallest absolute Gasteiger partial charge is 0.303 e. The number of carboxylic acids is 1. The van der Waals surface area contributed by atoms with E-state index in [2.05, 4.69) is 25.9 Å². The molecule has 9 nitrogen and oxygen atoms in total. The van der Waals surface area contributed by atoms with Gasteiger partial charge in [-0.15, -0.1) is 5.10 Å². The third kappa shape index (κ3) is 3.03. The van der Waals surface area contributed by atoms with Gasteiger partial charge in [0.2, 0.25) is 11.9 Å². The predicted octanol–water partition coefficient (Wildman–Crippen LogP) is 0.894. The van der Waals surface area contributed by atoms with Gasteiger partial charge in [-0.3, -0.25) is 20.4 Å². The van der Waals surface area contributed by atoms with Crippen LogP contribution in [0.3, 0.4) is 0 Å². The van der Waals surface area contributed by atoms with E-state index in [0.717, 1.165) is 5.39 Å². The van der Waals surface area contributed by atoms with Gasteiger partial charge in [-0.25, -0.2) is 9.97 Å². The van der Waals surface area contributed by atoms with Gasteiger partial charge in [0.15, 0.2) is 5.65 Å². The topological polar surface area (TPSA) is 122 Å². The van der Waals surface area contributed by atoms with Gasteiger partial charge >= 0.3 is 5.97 Å². The lowest BCUT2D eigenvalue weighted by molar-refractivity contribution is -0.138. The van der Waals surface area contributed by atoms with E-state index in [4.69, 9.17) is 5.11 Å². The van der Waals surface area contributed by atoms with Crippen LogP contribution in [0.2, 0.25) is 0 Å². The van der Waals surface area contributed by atoms with Gasteiger partial charge in [0, 0.05) is 11.8 Å². The Morgan fingerprint density at radius 1 is 1.22 bits per heavy atom. The summed E-state index contributed by atoms with van der Waals surface area (Å²) in [7, 11) is 0. The number of para-hydroxylation sites is 1. The molecule has 0 aliphatic carbocycles. The van der Waals surface area contributed by atoms with Crippen molar-refractivity contribution in [1.82, 2.24) is 25.0 Å². The molecule has 1 amide bonds. The first-order chi connectivity index (χ1) is 11.0. The van der Waals surface area contributed by atoms with Crippen LogP contribution in [-0.2, 0) is 9.59 Å². The van der Waals surface area contributed by atoms with Crippen LogP contribution in [-0.4, -0.2) is 36.6 Å². The molecule has 0 aliphatic rings. The van der Waals surface area contributed by atoms with Gasteiger partial charge in [0.05, 0.1) is 11.9 Å². The molecule has 2 heterocycles. The van der Waals surface area contributed by atoms with Crippen molar-refractivity contribution in [3.63, 3.8) is 0 Å². The first-order valence-electron chi connectivity index (χ1n) is 6.93. The van der Waals surface area contributed by atoms with Crippen molar-refractivity contribution in [2.75, 3.05) is 5.43 Å². The van der Waals surface area contributed by atoms with Gasteiger partial charge in [-0.05, 0) is 19.1 Å². The van der Waals surface area contributed by atoms with Crippen molar-refractivity contribution in [1.29, 1.82) is 0 Å². The molecule has 9 heteroatoms. The first kappa shape index (κ1) is 14.7. The maximum Gasteiger partial charge on any atom is 0.303 e. The minimum Gasteiger partial charge on any atom is -0.481 e. The summed E-state index contributed by atoms with van der Waals surface area (Å²) in [6.45, 7) is 1.76. The maximum absolute atomic E-state index is 11.6. The highest BCUT2D eigenvalue weighted by Crippen LogP contribution is 2.19. The van der Waals surface area contributed by atoms with E-state index < -0.39 is 11.9 Å². The fourth-order valence-electron chi connectivity index (χ4n) is 2.15. The van der Waals surface area contributed by atoms with Crippen LogP contribution < -0.4 is 10.9 Å². The second kappa shape index (κ2) is 5.87. The molecule has 3 aromatic rings. The number of carbonyl (C=O) groups excluding carboxylic acids is 1. The molecule has 0 saturated carbocycles. The van der Waals surface area contributed by atoms with Crippen molar-refractivity contribution in [3.8, 4) is 0 Å². The average molecular weight is 314 g/mol. The summed E-state index contributed by atoms with van der Waals surface area (Å²) in [5.74, 6) is -0.614. The van der Waals surface area contributed by atoms with Crippen molar-refractivity contribution < 1.29 is 14.7 Å². The molecule has 3 rings (SSSR count). The number of carbonyl (C=O) groups is 2. The van der Waals surface area contributed by atoms with E-state index >= 15 is 0 Å². The molecule has 0 atom stereocenters.